The fourth-order valence-electron chi connectivity index (χ4n) is 6.26. The van der Waals surface area contributed by atoms with Crippen LogP contribution < -0.4 is 5.32 Å². The van der Waals surface area contributed by atoms with Crippen LogP contribution in [0.4, 0.5) is 5.69 Å². The first kappa shape index (κ1) is 19.4. The van der Waals surface area contributed by atoms with Crippen LogP contribution in [0.1, 0.15) is 69.4 Å². The number of ether oxygens (including phenoxy) is 1. The summed E-state index contributed by atoms with van der Waals surface area (Å²) in [5.41, 5.74) is 1.57. The highest BCUT2D eigenvalue weighted by atomic mass is 16.5. The minimum absolute atomic E-state index is 0.278. The third-order valence-electron chi connectivity index (χ3n) is 6.99. The Labute approximate surface area is 166 Å². The van der Waals surface area contributed by atoms with Crippen molar-refractivity contribution in [2.24, 2.45) is 17.3 Å². The number of carbonyl (C=O) groups is 2. The number of aryl methyl sites for hydroxylation is 1. The van der Waals surface area contributed by atoms with E-state index in [0.29, 0.717) is 18.3 Å². The molecular weight excluding hydrogens is 354 g/mol. The zero-order valence-electron chi connectivity index (χ0n) is 17.1. The Bertz CT molecular complexity index is 786. The van der Waals surface area contributed by atoms with Crippen LogP contribution in [-0.4, -0.2) is 29.2 Å². The molecule has 152 valence electrons. The maximum absolute atomic E-state index is 12.9. The van der Waals surface area contributed by atoms with Crippen molar-refractivity contribution in [1.82, 2.24) is 0 Å². The maximum Gasteiger partial charge on any atom is 0.312 e. The number of hydrogen-bond acceptors (Lipinski definition) is 4. The molecule has 1 aromatic rings. The van der Waals surface area contributed by atoms with Crippen LogP contribution in [0.2, 0.25) is 0 Å². The number of benzene rings is 1. The third kappa shape index (κ3) is 3.45. The van der Waals surface area contributed by atoms with E-state index in [2.05, 4.69) is 19.2 Å². The molecule has 0 aromatic heterocycles. The quantitative estimate of drug-likeness (QED) is 0.753. The molecular formula is C23H31NO4. The molecule has 0 heterocycles. The van der Waals surface area contributed by atoms with Crippen LogP contribution in [0.15, 0.2) is 18.2 Å². The van der Waals surface area contributed by atoms with E-state index in [1.165, 1.54) is 0 Å². The molecule has 4 aliphatic carbocycles. The Hall–Kier alpha value is -1.88. The molecule has 4 atom stereocenters. The summed E-state index contributed by atoms with van der Waals surface area (Å²) >= 11 is 0. The van der Waals surface area contributed by atoms with Gasteiger partial charge in [0.15, 0.2) is 6.61 Å². The lowest BCUT2D eigenvalue weighted by Crippen LogP contribution is -2.58. The second-order valence-electron chi connectivity index (χ2n) is 9.78. The number of rotatable bonds is 5. The highest BCUT2D eigenvalue weighted by Crippen LogP contribution is 2.61. The molecule has 5 heteroatoms. The summed E-state index contributed by atoms with van der Waals surface area (Å²) in [6.07, 6.45) is 4.81. The van der Waals surface area contributed by atoms with Crippen molar-refractivity contribution in [1.29, 1.82) is 0 Å². The van der Waals surface area contributed by atoms with Gasteiger partial charge in [-0.2, -0.15) is 0 Å². The highest BCUT2D eigenvalue weighted by Gasteiger charge is 2.60. The highest BCUT2D eigenvalue weighted by molar-refractivity contribution is 5.94. The van der Waals surface area contributed by atoms with Crippen LogP contribution >= 0.6 is 0 Å². The molecule has 4 aliphatic rings. The fraction of sp³-hybridized carbons (Fsp3) is 0.652. The van der Waals surface area contributed by atoms with Gasteiger partial charge in [-0.25, -0.2) is 0 Å². The monoisotopic (exact) mass is 385 g/mol. The molecule has 1 amide bonds. The average molecular weight is 386 g/mol. The largest absolute Gasteiger partial charge is 0.455 e. The first-order valence-electron chi connectivity index (χ1n) is 10.5. The maximum atomic E-state index is 12.9. The van der Waals surface area contributed by atoms with E-state index in [1.54, 1.807) is 0 Å². The van der Waals surface area contributed by atoms with Crippen molar-refractivity contribution in [3.63, 3.8) is 0 Å². The Kier molecular flexibility index (Phi) is 4.77. The standard InChI is InChI=1S/C23H31NO4/c1-14(2)18-6-4-5-15(3)20(18)24-19(25)12-28-21(26)22-8-16-7-17(9-22)11-23(27,10-16)13-22/h4-6,14,16-17,27H,7-13H2,1-3H3,(H,24,25)/t16-,17+,22?,23?. The van der Waals surface area contributed by atoms with Crippen LogP contribution in [0, 0.1) is 24.2 Å². The molecule has 2 unspecified atom stereocenters. The van der Waals surface area contributed by atoms with E-state index >= 15 is 0 Å². The van der Waals surface area contributed by atoms with Gasteiger partial charge in [-0.3, -0.25) is 9.59 Å². The van der Waals surface area contributed by atoms with Gasteiger partial charge in [-0.1, -0.05) is 32.0 Å². The number of nitrogens with one attached hydrogen (secondary N) is 1. The lowest BCUT2D eigenvalue weighted by Gasteiger charge is -2.58. The number of carbonyl (C=O) groups excluding carboxylic acids is 2. The number of amides is 1. The van der Waals surface area contributed by atoms with Gasteiger partial charge in [0, 0.05) is 5.69 Å². The van der Waals surface area contributed by atoms with Gasteiger partial charge in [-0.05, 0) is 74.3 Å². The third-order valence-corrected chi connectivity index (χ3v) is 6.99. The van der Waals surface area contributed by atoms with Gasteiger partial charge < -0.3 is 15.2 Å². The minimum atomic E-state index is -0.710. The fourth-order valence-corrected chi connectivity index (χ4v) is 6.26. The molecule has 5 rings (SSSR count). The zero-order chi connectivity index (χ0) is 20.1. The zero-order valence-corrected chi connectivity index (χ0v) is 17.1. The Morgan fingerprint density at radius 2 is 1.89 bits per heavy atom. The van der Waals surface area contributed by atoms with Crippen LogP contribution in [0.3, 0.4) is 0 Å². The van der Waals surface area contributed by atoms with E-state index in [-0.39, 0.29) is 24.4 Å². The summed E-state index contributed by atoms with van der Waals surface area (Å²) in [5, 5.41) is 13.7. The molecule has 2 N–H and O–H groups in total. The van der Waals surface area contributed by atoms with Crippen molar-refractivity contribution in [3.05, 3.63) is 29.3 Å². The smallest absolute Gasteiger partial charge is 0.312 e. The van der Waals surface area contributed by atoms with Crippen molar-refractivity contribution in [2.45, 2.75) is 70.8 Å². The summed E-state index contributed by atoms with van der Waals surface area (Å²) in [5.74, 6) is 0.490. The van der Waals surface area contributed by atoms with Crippen molar-refractivity contribution < 1.29 is 19.4 Å². The Morgan fingerprint density at radius 1 is 1.21 bits per heavy atom. The lowest BCUT2D eigenvalue weighted by molar-refractivity contribution is -0.196. The van der Waals surface area contributed by atoms with E-state index in [4.69, 9.17) is 4.74 Å². The van der Waals surface area contributed by atoms with E-state index in [1.807, 2.05) is 25.1 Å². The molecule has 1 aromatic carbocycles. The molecule has 0 saturated heterocycles. The van der Waals surface area contributed by atoms with E-state index in [0.717, 1.165) is 48.9 Å². The Morgan fingerprint density at radius 3 is 2.50 bits per heavy atom. The normalized spacial score (nSPS) is 33.2. The van der Waals surface area contributed by atoms with Crippen LogP contribution in [0.25, 0.3) is 0 Å². The molecule has 4 fully saturated rings. The molecule has 0 aliphatic heterocycles. The van der Waals surface area contributed by atoms with Crippen molar-refractivity contribution >= 4 is 17.6 Å². The summed E-state index contributed by atoms with van der Waals surface area (Å²) in [6.45, 7) is 5.86. The first-order chi connectivity index (χ1) is 13.2. The molecule has 28 heavy (non-hydrogen) atoms. The molecule has 5 nitrogen and oxygen atoms in total. The number of hydrogen-bond donors (Lipinski definition) is 2. The second-order valence-corrected chi connectivity index (χ2v) is 9.78. The predicted molar refractivity (Wildman–Crippen MR) is 107 cm³/mol. The summed E-state index contributed by atoms with van der Waals surface area (Å²) in [6, 6.07) is 5.96. The summed E-state index contributed by atoms with van der Waals surface area (Å²) < 4.78 is 5.48. The Balaban J connectivity index is 1.40. The van der Waals surface area contributed by atoms with E-state index < -0.39 is 11.0 Å². The molecule has 4 saturated carbocycles. The summed E-state index contributed by atoms with van der Waals surface area (Å²) in [7, 11) is 0. The summed E-state index contributed by atoms with van der Waals surface area (Å²) in [4.78, 5) is 25.4. The number of para-hydroxylation sites is 1. The van der Waals surface area contributed by atoms with Gasteiger partial charge >= 0.3 is 5.97 Å². The van der Waals surface area contributed by atoms with Gasteiger partial charge in [0.1, 0.15) is 0 Å². The second kappa shape index (κ2) is 6.87. The van der Waals surface area contributed by atoms with Crippen LogP contribution in [0.5, 0.6) is 0 Å². The van der Waals surface area contributed by atoms with Gasteiger partial charge in [0.25, 0.3) is 5.91 Å². The first-order valence-corrected chi connectivity index (χ1v) is 10.5. The number of aliphatic hydroxyl groups is 1. The van der Waals surface area contributed by atoms with Gasteiger partial charge in [-0.15, -0.1) is 0 Å². The molecule has 0 radical (unpaired) electrons. The van der Waals surface area contributed by atoms with Gasteiger partial charge in [0.05, 0.1) is 11.0 Å². The average Bonchev–Trinajstić information content (AvgIpc) is 2.59. The SMILES string of the molecule is Cc1cccc(C(C)C)c1NC(=O)COC(=O)C12C[C@@H]3C[C@@H](CC(O)(C3)C1)C2. The number of anilines is 1. The molecule has 4 bridgehead atoms. The van der Waals surface area contributed by atoms with E-state index in [9.17, 15) is 14.7 Å². The van der Waals surface area contributed by atoms with Crippen molar-refractivity contribution in [2.75, 3.05) is 11.9 Å². The predicted octanol–water partition coefficient (Wildman–Crippen LogP) is 3.93. The van der Waals surface area contributed by atoms with Gasteiger partial charge in [0.2, 0.25) is 0 Å². The lowest BCUT2D eigenvalue weighted by atomic mass is 9.48. The topological polar surface area (TPSA) is 75.6 Å². The van der Waals surface area contributed by atoms with Crippen LogP contribution in [-0.2, 0) is 14.3 Å². The molecule has 0 spiro atoms. The van der Waals surface area contributed by atoms with Crippen molar-refractivity contribution in [3.8, 4) is 0 Å². The number of esters is 1. The minimum Gasteiger partial charge on any atom is -0.455 e.